The standard InChI is InChI=1S/C32H32BrN/c1-31(2,3)23-13-12-21-14-26-27(25(21)17-23)18-24(32(4,5)6)19-28(26)29-15-22(16-30(33)34-29)20-10-8-7-9-11-20/h7-13,15-19H,14H2,1-6H3. The Morgan fingerprint density at radius 1 is 0.647 bits per heavy atom. The molecule has 0 fully saturated rings. The highest BCUT2D eigenvalue weighted by Gasteiger charge is 2.28. The normalized spacial score (nSPS) is 13.0. The first kappa shape index (κ1) is 23.1. The molecule has 0 atom stereocenters. The third-order valence-corrected chi connectivity index (χ3v) is 7.33. The summed E-state index contributed by atoms with van der Waals surface area (Å²) in [7, 11) is 0. The Morgan fingerprint density at radius 3 is 1.97 bits per heavy atom. The van der Waals surface area contributed by atoms with Gasteiger partial charge in [-0.25, -0.2) is 4.98 Å². The van der Waals surface area contributed by atoms with Crippen molar-refractivity contribution in [1.82, 2.24) is 4.98 Å². The minimum atomic E-state index is 0.0441. The van der Waals surface area contributed by atoms with Crippen molar-refractivity contribution >= 4 is 15.9 Å². The minimum absolute atomic E-state index is 0.0441. The fraction of sp³-hybridized carbons (Fsp3) is 0.281. The van der Waals surface area contributed by atoms with Crippen molar-refractivity contribution in [1.29, 1.82) is 0 Å². The molecule has 0 unspecified atom stereocenters. The first-order valence-corrected chi connectivity index (χ1v) is 12.8. The maximum Gasteiger partial charge on any atom is 0.107 e. The van der Waals surface area contributed by atoms with Crippen LogP contribution in [-0.2, 0) is 17.3 Å². The van der Waals surface area contributed by atoms with Gasteiger partial charge in [-0.2, -0.15) is 0 Å². The smallest absolute Gasteiger partial charge is 0.107 e. The van der Waals surface area contributed by atoms with Gasteiger partial charge in [0.05, 0.1) is 5.69 Å². The number of hydrogen-bond donors (Lipinski definition) is 0. The minimum Gasteiger partial charge on any atom is -0.241 e. The molecule has 1 heterocycles. The molecule has 1 nitrogen and oxygen atoms in total. The van der Waals surface area contributed by atoms with Gasteiger partial charge in [-0.05, 0) is 95.9 Å². The van der Waals surface area contributed by atoms with Crippen molar-refractivity contribution in [2.24, 2.45) is 0 Å². The largest absolute Gasteiger partial charge is 0.241 e. The van der Waals surface area contributed by atoms with Gasteiger partial charge in [0.1, 0.15) is 4.60 Å². The third kappa shape index (κ3) is 4.25. The average molecular weight is 511 g/mol. The summed E-state index contributed by atoms with van der Waals surface area (Å²) in [6.07, 6.45) is 0.948. The third-order valence-electron chi connectivity index (χ3n) is 6.93. The van der Waals surface area contributed by atoms with E-state index < -0.39 is 0 Å². The monoisotopic (exact) mass is 509 g/mol. The first-order valence-electron chi connectivity index (χ1n) is 12.1. The molecule has 0 N–H and O–H groups in total. The van der Waals surface area contributed by atoms with Crippen LogP contribution in [0.5, 0.6) is 0 Å². The van der Waals surface area contributed by atoms with Gasteiger partial charge in [0.15, 0.2) is 0 Å². The van der Waals surface area contributed by atoms with Crippen molar-refractivity contribution in [3.05, 3.63) is 99.7 Å². The van der Waals surface area contributed by atoms with Crippen LogP contribution >= 0.6 is 15.9 Å². The lowest BCUT2D eigenvalue weighted by molar-refractivity contribution is 0.589. The number of halogens is 1. The van der Waals surface area contributed by atoms with E-state index >= 15 is 0 Å². The molecule has 0 radical (unpaired) electrons. The zero-order valence-corrected chi connectivity index (χ0v) is 22.5. The second-order valence-corrected chi connectivity index (χ2v) is 12.3. The van der Waals surface area contributed by atoms with E-state index in [2.05, 4.69) is 130 Å². The van der Waals surface area contributed by atoms with E-state index in [0.29, 0.717) is 0 Å². The summed E-state index contributed by atoms with van der Waals surface area (Å²) in [6, 6.07) is 26.8. The number of benzene rings is 3. The maximum absolute atomic E-state index is 4.97. The van der Waals surface area contributed by atoms with Gasteiger partial charge in [-0.1, -0.05) is 96.1 Å². The Bertz CT molecular complexity index is 1390. The Morgan fingerprint density at radius 2 is 1.29 bits per heavy atom. The van der Waals surface area contributed by atoms with Crippen molar-refractivity contribution in [2.45, 2.75) is 58.8 Å². The predicted octanol–water partition coefficient (Wildman–Crippen LogP) is 9.34. The molecular formula is C32H32BrN. The van der Waals surface area contributed by atoms with E-state index in [4.69, 9.17) is 4.98 Å². The Hall–Kier alpha value is -2.71. The highest BCUT2D eigenvalue weighted by atomic mass is 79.9. The molecule has 0 saturated heterocycles. The van der Waals surface area contributed by atoms with Crippen LogP contribution < -0.4 is 0 Å². The van der Waals surface area contributed by atoms with Crippen LogP contribution in [0.2, 0.25) is 0 Å². The van der Waals surface area contributed by atoms with Gasteiger partial charge in [0.25, 0.3) is 0 Å². The van der Waals surface area contributed by atoms with Crippen molar-refractivity contribution in [3.8, 4) is 33.5 Å². The quantitative estimate of drug-likeness (QED) is 0.216. The summed E-state index contributed by atoms with van der Waals surface area (Å²) >= 11 is 3.69. The zero-order chi connectivity index (χ0) is 24.3. The number of aromatic nitrogens is 1. The van der Waals surface area contributed by atoms with Gasteiger partial charge in [0, 0.05) is 5.56 Å². The second kappa shape index (κ2) is 8.20. The predicted molar refractivity (Wildman–Crippen MR) is 148 cm³/mol. The van der Waals surface area contributed by atoms with Gasteiger partial charge in [0.2, 0.25) is 0 Å². The van der Waals surface area contributed by atoms with Crippen LogP contribution in [-0.4, -0.2) is 4.98 Å². The van der Waals surface area contributed by atoms with E-state index in [-0.39, 0.29) is 10.8 Å². The molecule has 5 rings (SSSR count). The molecule has 3 aromatic carbocycles. The molecule has 0 aliphatic heterocycles. The van der Waals surface area contributed by atoms with Gasteiger partial charge >= 0.3 is 0 Å². The van der Waals surface area contributed by atoms with Gasteiger partial charge < -0.3 is 0 Å². The number of fused-ring (bicyclic) bond motifs is 3. The molecule has 0 bridgehead atoms. The van der Waals surface area contributed by atoms with E-state index in [1.54, 1.807) is 0 Å². The fourth-order valence-electron chi connectivity index (χ4n) is 4.83. The average Bonchev–Trinajstić information content (AvgIpc) is 3.15. The van der Waals surface area contributed by atoms with Crippen LogP contribution in [0.3, 0.4) is 0 Å². The molecule has 34 heavy (non-hydrogen) atoms. The molecule has 0 amide bonds. The molecule has 1 aliphatic carbocycles. The second-order valence-electron chi connectivity index (χ2n) is 11.5. The molecule has 4 aromatic rings. The lowest BCUT2D eigenvalue weighted by Crippen LogP contribution is -2.12. The fourth-order valence-corrected chi connectivity index (χ4v) is 5.27. The van der Waals surface area contributed by atoms with Crippen molar-refractivity contribution in [2.75, 3.05) is 0 Å². The number of pyridine rings is 1. The highest BCUT2D eigenvalue weighted by molar-refractivity contribution is 9.10. The summed E-state index contributed by atoms with van der Waals surface area (Å²) in [4.78, 5) is 4.97. The summed E-state index contributed by atoms with van der Waals surface area (Å²) in [5.74, 6) is 0. The van der Waals surface area contributed by atoms with Gasteiger partial charge in [-0.15, -0.1) is 0 Å². The highest BCUT2D eigenvalue weighted by Crippen LogP contribution is 2.45. The van der Waals surface area contributed by atoms with Crippen molar-refractivity contribution < 1.29 is 0 Å². The number of nitrogens with zero attached hydrogens (tertiary/aromatic N) is 1. The van der Waals surface area contributed by atoms with E-state index in [1.165, 1.54) is 50.1 Å². The van der Waals surface area contributed by atoms with Crippen LogP contribution in [0.1, 0.15) is 63.8 Å². The maximum atomic E-state index is 4.97. The zero-order valence-electron chi connectivity index (χ0n) is 21.0. The van der Waals surface area contributed by atoms with Crippen molar-refractivity contribution in [3.63, 3.8) is 0 Å². The SMILES string of the molecule is CC(C)(C)c1ccc2c(c1)-c1cc(C(C)(C)C)cc(-c3cc(-c4ccccc4)cc(Br)n3)c1C2. The summed E-state index contributed by atoms with van der Waals surface area (Å²) in [5, 5.41) is 0. The molecule has 1 aromatic heterocycles. The molecule has 0 spiro atoms. The van der Waals surface area contributed by atoms with Crippen LogP contribution in [0.4, 0.5) is 0 Å². The Balaban J connectivity index is 1.75. The van der Waals surface area contributed by atoms with Crippen LogP contribution in [0.25, 0.3) is 33.5 Å². The lowest BCUT2D eigenvalue weighted by Gasteiger charge is -2.23. The van der Waals surface area contributed by atoms with Crippen LogP contribution in [0, 0.1) is 0 Å². The van der Waals surface area contributed by atoms with E-state index in [9.17, 15) is 0 Å². The number of rotatable bonds is 2. The van der Waals surface area contributed by atoms with Crippen LogP contribution in [0.15, 0.2) is 77.4 Å². The van der Waals surface area contributed by atoms with Gasteiger partial charge in [-0.3, -0.25) is 0 Å². The molecule has 1 aliphatic rings. The Labute approximate surface area is 212 Å². The number of hydrogen-bond acceptors (Lipinski definition) is 1. The first-order chi connectivity index (χ1) is 16.0. The molecule has 172 valence electrons. The van der Waals surface area contributed by atoms with E-state index in [1.807, 2.05) is 0 Å². The summed E-state index contributed by atoms with van der Waals surface area (Å²) in [6.45, 7) is 13.8. The molecule has 2 heteroatoms. The molecule has 0 saturated carbocycles. The lowest BCUT2D eigenvalue weighted by atomic mass is 9.82. The summed E-state index contributed by atoms with van der Waals surface area (Å²) in [5.41, 5.74) is 13.1. The molecular weight excluding hydrogens is 478 g/mol. The van der Waals surface area contributed by atoms with E-state index in [0.717, 1.165) is 16.7 Å². The summed E-state index contributed by atoms with van der Waals surface area (Å²) < 4.78 is 0.865. The Kier molecular flexibility index (Phi) is 5.56. The topological polar surface area (TPSA) is 12.9 Å².